The zero-order valence-corrected chi connectivity index (χ0v) is 15.5. The van der Waals surface area contributed by atoms with Gasteiger partial charge in [-0.05, 0) is 43.3 Å². The molecule has 0 aliphatic heterocycles. The Morgan fingerprint density at radius 3 is 2.57 bits per heavy atom. The van der Waals surface area contributed by atoms with Crippen molar-refractivity contribution in [1.29, 1.82) is 0 Å². The van der Waals surface area contributed by atoms with E-state index in [0.717, 1.165) is 0 Å². The van der Waals surface area contributed by atoms with Gasteiger partial charge in [-0.15, -0.1) is 0 Å². The van der Waals surface area contributed by atoms with Crippen molar-refractivity contribution in [1.82, 2.24) is 10.1 Å². The summed E-state index contributed by atoms with van der Waals surface area (Å²) in [6.45, 7) is 3.66. The summed E-state index contributed by atoms with van der Waals surface area (Å²) in [5.74, 6) is 0.449. The third kappa shape index (κ3) is 4.73. The van der Waals surface area contributed by atoms with E-state index in [-0.39, 0.29) is 18.4 Å². The van der Waals surface area contributed by atoms with Crippen LogP contribution in [0.3, 0.4) is 0 Å². The predicted molar refractivity (Wildman–Crippen MR) is 101 cm³/mol. The Balaban J connectivity index is 1.63. The van der Waals surface area contributed by atoms with Crippen LogP contribution in [0.25, 0.3) is 11.4 Å². The van der Waals surface area contributed by atoms with Crippen molar-refractivity contribution in [2.24, 2.45) is 0 Å². The number of anilines is 1. The monoisotopic (exact) mass is 381 g/mol. The van der Waals surface area contributed by atoms with Gasteiger partial charge in [-0.25, -0.2) is 4.79 Å². The molecule has 2 aromatic carbocycles. The van der Waals surface area contributed by atoms with Crippen molar-refractivity contribution >= 4 is 17.6 Å². The molecule has 0 saturated carbocycles. The molecule has 0 atom stereocenters. The standard InChI is InChI=1S/C20H19N3O5/c1-3-26-17-7-5-4-6-16(17)19-22-18(28-23-19)12-27-20(25)14-8-10-15(11-9-14)21-13(2)24/h4-11H,3,12H2,1-2H3,(H,21,24). The minimum absolute atomic E-state index is 0.157. The van der Waals surface area contributed by atoms with Crippen molar-refractivity contribution in [2.45, 2.75) is 20.5 Å². The Kier molecular flexibility index (Phi) is 6.01. The van der Waals surface area contributed by atoms with Gasteiger partial charge in [0, 0.05) is 12.6 Å². The molecule has 1 aromatic heterocycles. The Hall–Kier alpha value is -3.68. The molecule has 1 heterocycles. The number of benzene rings is 2. The molecule has 3 aromatic rings. The van der Waals surface area contributed by atoms with Crippen LogP contribution >= 0.6 is 0 Å². The van der Waals surface area contributed by atoms with Gasteiger partial charge in [0.1, 0.15) is 5.75 Å². The first-order chi connectivity index (χ1) is 13.6. The minimum atomic E-state index is -0.538. The van der Waals surface area contributed by atoms with E-state index in [1.54, 1.807) is 24.3 Å². The van der Waals surface area contributed by atoms with Crippen LogP contribution < -0.4 is 10.1 Å². The van der Waals surface area contributed by atoms with Gasteiger partial charge >= 0.3 is 5.97 Å². The molecule has 0 radical (unpaired) electrons. The summed E-state index contributed by atoms with van der Waals surface area (Å²) in [5, 5.41) is 6.55. The van der Waals surface area contributed by atoms with E-state index < -0.39 is 5.97 Å². The maximum Gasteiger partial charge on any atom is 0.338 e. The third-order valence-corrected chi connectivity index (χ3v) is 3.66. The van der Waals surface area contributed by atoms with Crippen LogP contribution in [0.1, 0.15) is 30.1 Å². The highest BCUT2D eigenvalue weighted by atomic mass is 16.6. The highest BCUT2D eigenvalue weighted by Crippen LogP contribution is 2.27. The molecule has 0 saturated heterocycles. The number of hydrogen-bond donors (Lipinski definition) is 1. The lowest BCUT2D eigenvalue weighted by atomic mass is 10.2. The Morgan fingerprint density at radius 2 is 1.86 bits per heavy atom. The maximum atomic E-state index is 12.1. The molecule has 0 fully saturated rings. The lowest BCUT2D eigenvalue weighted by molar-refractivity contribution is -0.114. The molecular formula is C20H19N3O5. The number of carbonyl (C=O) groups is 2. The molecule has 144 valence electrons. The molecule has 3 rings (SSSR count). The van der Waals surface area contributed by atoms with Crippen molar-refractivity contribution in [3.8, 4) is 17.1 Å². The Labute approximate surface area is 161 Å². The van der Waals surface area contributed by atoms with E-state index >= 15 is 0 Å². The molecule has 0 aliphatic rings. The van der Waals surface area contributed by atoms with Gasteiger partial charge in [0.2, 0.25) is 11.7 Å². The lowest BCUT2D eigenvalue weighted by Crippen LogP contribution is -2.08. The molecule has 0 spiro atoms. The van der Waals surface area contributed by atoms with Gasteiger partial charge in [-0.2, -0.15) is 4.98 Å². The molecule has 8 heteroatoms. The summed E-state index contributed by atoms with van der Waals surface area (Å²) in [4.78, 5) is 27.4. The van der Waals surface area contributed by atoms with Gasteiger partial charge in [-0.3, -0.25) is 4.79 Å². The normalized spacial score (nSPS) is 10.4. The number of nitrogens with zero attached hydrogens (tertiary/aromatic N) is 2. The lowest BCUT2D eigenvalue weighted by Gasteiger charge is -2.06. The first-order valence-corrected chi connectivity index (χ1v) is 8.66. The molecular weight excluding hydrogens is 362 g/mol. The number of aromatic nitrogens is 2. The molecule has 8 nitrogen and oxygen atoms in total. The van der Waals surface area contributed by atoms with Crippen molar-refractivity contribution in [3.05, 3.63) is 60.0 Å². The van der Waals surface area contributed by atoms with Crippen molar-refractivity contribution in [3.63, 3.8) is 0 Å². The predicted octanol–water partition coefficient (Wildman–Crippen LogP) is 3.45. The summed E-state index contributed by atoms with van der Waals surface area (Å²) < 4.78 is 15.9. The molecule has 0 aliphatic carbocycles. The number of esters is 1. The summed E-state index contributed by atoms with van der Waals surface area (Å²) in [7, 11) is 0. The number of carbonyl (C=O) groups excluding carboxylic acids is 2. The fourth-order valence-corrected chi connectivity index (χ4v) is 2.46. The number of rotatable bonds is 7. The molecule has 28 heavy (non-hydrogen) atoms. The van der Waals surface area contributed by atoms with Crippen molar-refractivity contribution in [2.75, 3.05) is 11.9 Å². The van der Waals surface area contributed by atoms with Crippen LogP contribution in [0, 0.1) is 0 Å². The van der Waals surface area contributed by atoms with Crippen molar-refractivity contribution < 1.29 is 23.6 Å². The minimum Gasteiger partial charge on any atom is -0.493 e. The highest BCUT2D eigenvalue weighted by Gasteiger charge is 2.15. The molecule has 1 amide bonds. The average Bonchev–Trinajstić information content (AvgIpc) is 3.16. The molecule has 0 bridgehead atoms. The first kappa shape index (κ1) is 19.1. The second kappa shape index (κ2) is 8.81. The fourth-order valence-electron chi connectivity index (χ4n) is 2.46. The quantitative estimate of drug-likeness (QED) is 0.625. The number of nitrogens with one attached hydrogen (secondary N) is 1. The number of ether oxygens (including phenoxy) is 2. The SMILES string of the molecule is CCOc1ccccc1-c1noc(COC(=O)c2ccc(NC(C)=O)cc2)n1. The number of para-hydroxylation sites is 1. The van der Waals surface area contributed by atoms with E-state index in [1.165, 1.54) is 6.92 Å². The summed E-state index contributed by atoms with van der Waals surface area (Å²) >= 11 is 0. The Morgan fingerprint density at radius 1 is 1.11 bits per heavy atom. The largest absolute Gasteiger partial charge is 0.493 e. The van der Waals surface area contributed by atoms with E-state index in [4.69, 9.17) is 14.0 Å². The van der Waals surface area contributed by atoms with Crippen LogP contribution in [-0.2, 0) is 16.1 Å². The van der Waals surface area contributed by atoms with Crippen LogP contribution in [0.4, 0.5) is 5.69 Å². The topological polar surface area (TPSA) is 104 Å². The first-order valence-electron chi connectivity index (χ1n) is 8.66. The summed E-state index contributed by atoms with van der Waals surface area (Å²) in [6, 6.07) is 13.7. The second-order valence-electron chi connectivity index (χ2n) is 5.78. The van der Waals surface area contributed by atoms with Gasteiger partial charge < -0.3 is 19.3 Å². The highest BCUT2D eigenvalue weighted by molar-refractivity contribution is 5.92. The Bertz CT molecular complexity index is 966. The average molecular weight is 381 g/mol. The van der Waals surface area contributed by atoms with Gasteiger partial charge in [0.05, 0.1) is 17.7 Å². The van der Waals surface area contributed by atoms with E-state index in [9.17, 15) is 9.59 Å². The molecule has 0 unspecified atom stereocenters. The zero-order valence-electron chi connectivity index (χ0n) is 15.5. The fraction of sp³-hybridized carbons (Fsp3) is 0.200. The molecule has 1 N–H and O–H groups in total. The third-order valence-electron chi connectivity index (χ3n) is 3.66. The maximum absolute atomic E-state index is 12.1. The van der Waals surface area contributed by atoms with E-state index in [0.29, 0.717) is 35.0 Å². The van der Waals surface area contributed by atoms with Gasteiger partial charge in [0.15, 0.2) is 6.61 Å². The van der Waals surface area contributed by atoms with Crippen LogP contribution in [0.2, 0.25) is 0 Å². The second-order valence-corrected chi connectivity index (χ2v) is 5.78. The smallest absolute Gasteiger partial charge is 0.338 e. The van der Waals surface area contributed by atoms with Gasteiger partial charge in [0.25, 0.3) is 5.89 Å². The summed E-state index contributed by atoms with van der Waals surface area (Å²) in [5.41, 5.74) is 1.63. The van der Waals surface area contributed by atoms with E-state index in [2.05, 4.69) is 15.5 Å². The van der Waals surface area contributed by atoms with Crippen LogP contribution in [0.5, 0.6) is 5.75 Å². The number of amides is 1. The summed E-state index contributed by atoms with van der Waals surface area (Å²) in [6.07, 6.45) is 0. The van der Waals surface area contributed by atoms with E-state index in [1.807, 2.05) is 31.2 Å². The van der Waals surface area contributed by atoms with Crippen LogP contribution in [-0.4, -0.2) is 28.6 Å². The number of hydrogen-bond acceptors (Lipinski definition) is 7. The van der Waals surface area contributed by atoms with Crippen LogP contribution in [0.15, 0.2) is 53.1 Å². The van der Waals surface area contributed by atoms with Gasteiger partial charge in [-0.1, -0.05) is 17.3 Å². The zero-order chi connectivity index (χ0) is 19.9.